The van der Waals surface area contributed by atoms with Gasteiger partial charge in [-0.2, -0.15) is 0 Å². The fourth-order valence-electron chi connectivity index (χ4n) is 9.32. The van der Waals surface area contributed by atoms with Crippen molar-refractivity contribution in [2.45, 2.75) is 322 Å². The molecule has 0 amide bonds. The molecule has 0 saturated carbocycles. The fourth-order valence-corrected chi connectivity index (χ4v) is 10.1. The molecule has 0 fully saturated rings. The molecule has 0 aromatic heterocycles. The van der Waals surface area contributed by atoms with Crippen molar-refractivity contribution in [3.63, 3.8) is 0 Å². The minimum Gasteiger partial charge on any atom is -0.457 e. The maximum Gasteiger partial charge on any atom is 0.472 e. The third kappa shape index (κ3) is 58.1. The van der Waals surface area contributed by atoms with Gasteiger partial charge in [0.1, 0.15) is 19.3 Å². The molecular weight excluding hydrogens is 890 g/mol. The fraction of sp³-hybridized carbons (Fsp3) is 0.951. The number of nitrogens with zero attached hydrogens (tertiary/aromatic N) is 1. The second kappa shape index (κ2) is 54.5. The van der Waals surface area contributed by atoms with Crippen LogP contribution < -0.4 is 0 Å². The Bertz CT molecular complexity index is 1130. The van der Waals surface area contributed by atoms with E-state index in [0.717, 1.165) is 32.1 Å². The number of esters is 1. The van der Waals surface area contributed by atoms with Gasteiger partial charge in [0.2, 0.25) is 0 Å². The number of hydrogen-bond acceptors (Lipinski definition) is 6. The molecule has 1 N–H and O–H groups in total. The van der Waals surface area contributed by atoms with Crippen molar-refractivity contribution in [3.05, 3.63) is 12.2 Å². The molecule has 70 heavy (non-hydrogen) atoms. The highest BCUT2D eigenvalue weighted by Gasteiger charge is 2.26. The molecule has 0 rings (SSSR count). The van der Waals surface area contributed by atoms with E-state index in [0.29, 0.717) is 24.1 Å². The Hall–Kier alpha value is -0.760. The number of rotatable bonds is 59. The monoisotopic (exact) mass is 1010 g/mol. The Morgan fingerprint density at radius 1 is 0.429 bits per heavy atom. The highest BCUT2D eigenvalue weighted by atomic mass is 31.2. The van der Waals surface area contributed by atoms with E-state index in [-0.39, 0.29) is 25.8 Å². The largest absolute Gasteiger partial charge is 0.472 e. The molecule has 0 saturated heterocycles. The van der Waals surface area contributed by atoms with Crippen LogP contribution in [0.4, 0.5) is 0 Å². The predicted octanol–water partition coefficient (Wildman–Crippen LogP) is 19.7. The van der Waals surface area contributed by atoms with Crippen LogP contribution in [0.5, 0.6) is 0 Å². The van der Waals surface area contributed by atoms with Crippen molar-refractivity contribution >= 4 is 13.8 Å². The van der Waals surface area contributed by atoms with Crippen LogP contribution in [0.1, 0.15) is 316 Å². The Kier molecular flexibility index (Phi) is 53.9. The zero-order valence-corrected chi connectivity index (χ0v) is 48.7. The number of carbonyl (C=O) groups is 1. The Morgan fingerprint density at radius 3 is 1.09 bits per heavy atom. The smallest absolute Gasteiger partial charge is 0.457 e. The maximum absolute atomic E-state index is 12.8. The minimum atomic E-state index is -4.28. The second-order valence-corrected chi connectivity index (χ2v) is 23.9. The highest BCUT2D eigenvalue weighted by molar-refractivity contribution is 7.47. The summed E-state index contributed by atoms with van der Waals surface area (Å²) in [5, 5.41) is 0. The van der Waals surface area contributed by atoms with Crippen LogP contribution in [0.15, 0.2) is 12.2 Å². The number of unbranched alkanes of at least 4 members (excludes halogenated alkanes) is 43. The first kappa shape index (κ1) is 69.2. The summed E-state index contributed by atoms with van der Waals surface area (Å²) < 4.78 is 35.3. The van der Waals surface area contributed by atoms with Gasteiger partial charge in [-0.3, -0.25) is 13.8 Å². The third-order valence-electron chi connectivity index (χ3n) is 14.1. The topological polar surface area (TPSA) is 91.3 Å². The lowest BCUT2D eigenvalue weighted by molar-refractivity contribution is -0.870. The van der Waals surface area contributed by atoms with Crippen molar-refractivity contribution in [3.8, 4) is 0 Å². The van der Waals surface area contributed by atoms with Crippen molar-refractivity contribution < 1.29 is 37.3 Å². The van der Waals surface area contributed by atoms with Gasteiger partial charge in [-0.15, -0.1) is 0 Å². The Morgan fingerprint density at radius 2 is 0.743 bits per heavy atom. The Balaban J connectivity index is 3.98. The van der Waals surface area contributed by atoms with Crippen molar-refractivity contribution in [1.29, 1.82) is 0 Å². The summed E-state index contributed by atoms with van der Waals surface area (Å²) in [6, 6.07) is 0. The number of phosphoric ester groups is 1. The van der Waals surface area contributed by atoms with Crippen LogP contribution in [0.3, 0.4) is 0 Å². The molecule has 0 radical (unpaired) electrons. The first-order valence-electron chi connectivity index (χ1n) is 30.9. The molecule has 2 unspecified atom stereocenters. The molecule has 8 nitrogen and oxygen atoms in total. The van der Waals surface area contributed by atoms with Gasteiger partial charge in [0, 0.05) is 13.0 Å². The standard InChI is InChI=1S/C61H122NO7P/c1-6-8-10-12-14-16-18-20-22-24-26-28-30-31-33-35-37-39-41-43-45-47-49-51-53-56-66-58-60(59-68-70(64,65)67-57-55-62(3,4)5)69-61(63)54-52-50-48-46-44-42-40-38-36-34-32-29-27-25-23-21-19-17-15-13-11-9-7-2/h25,27,60H,6-24,26,28-59H2,1-5H3/p+1/b27-25-. The third-order valence-corrected chi connectivity index (χ3v) is 15.1. The SMILES string of the molecule is CCCCCCCCCC/C=C\CCCCCCCCCCCCCC(=O)OC(COCCCCCCCCCCCCCCCCCCCCCCCCCCC)COP(=O)(O)OCC[N+](C)(C)C. The molecule has 0 heterocycles. The van der Waals surface area contributed by atoms with E-state index in [1.54, 1.807) is 0 Å². The lowest BCUT2D eigenvalue weighted by Gasteiger charge is -2.24. The highest BCUT2D eigenvalue weighted by Crippen LogP contribution is 2.43. The van der Waals surface area contributed by atoms with Gasteiger partial charge >= 0.3 is 13.8 Å². The minimum absolute atomic E-state index is 0.0926. The van der Waals surface area contributed by atoms with Crippen LogP contribution in [-0.4, -0.2) is 75.6 Å². The number of hydrogen-bond donors (Lipinski definition) is 1. The molecule has 0 spiro atoms. The van der Waals surface area contributed by atoms with Gasteiger partial charge in [0.25, 0.3) is 0 Å². The lowest BCUT2D eigenvalue weighted by Crippen LogP contribution is -2.37. The maximum atomic E-state index is 12.8. The number of phosphoric acid groups is 1. The molecule has 0 aromatic rings. The average Bonchev–Trinajstić information content (AvgIpc) is 3.32. The molecule has 418 valence electrons. The zero-order valence-electron chi connectivity index (χ0n) is 47.8. The van der Waals surface area contributed by atoms with E-state index >= 15 is 0 Å². The molecule has 0 bridgehead atoms. The first-order chi connectivity index (χ1) is 34.1. The van der Waals surface area contributed by atoms with E-state index in [1.165, 1.54) is 263 Å². The van der Waals surface area contributed by atoms with Gasteiger partial charge in [0.05, 0.1) is 34.4 Å². The Labute approximate surface area is 437 Å². The van der Waals surface area contributed by atoms with Crippen molar-refractivity contribution in [1.82, 2.24) is 0 Å². The number of ether oxygens (including phenoxy) is 2. The summed E-state index contributed by atoms with van der Waals surface area (Å²) in [6.45, 7) is 5.71. The van der Waals surface area contributed by atoms with Gasteiger partial charge in [-0.1, -0.05) is 283 Å². The van der Waals surface area contributed by atoms with Crippen LogP contribution >= 0.6 is 7.82 Å². The second-order valence-electron chi connectivity index (χ2n) is 22.4. The van der Waals surface area contributed by atoms with E-state index in [2.05, 4.69) is 26.0 Å². The van der Waals surface area contributed by atoms with Gasteiger partial charge < -0.3 is 18.9 Å². The number of allylic oxidation sites excluding steroid dienone is 2. The molecular formula is C61H123NO7P+. The zero-order chi connectivity index (χ0) is 51.2. The van der Waals surface area contributed by atoms with E-state index in [4.69, 9.17) is 18.5 Å². The number of quaternary nitrogens is 1. The number of likely N-dealkylation sites (N-methyl/N-ethyl adjacent to an activating group) is 1. The van der Waals surface area contributed by atoms with Crippen LogP contribution in [0.2, 0.25) is 0 Å². The van der Waals surface area contributed by atoms with E-state index < -0.39 is 13.9 Å². The average molecular weight is 1010 g/mol. The van der Waals surface area contributed by atoms with E-state index in [1.807, 2.05) is 21.1 Å². The summed E-state index contributed by atoms with van der Waals surface area (Å²) in [5.74, 6) is -0.306. The van der Waals surface area contributed by atoms with Crippen LogP contribution in [0, 0.1) is 0 Å². The molecule has 0 aliphatic heterocycles. The van der Waals surface area contributed by atoms with Gasteiger partial charge in [0.15, 0.2) is 0 Å². The van der Waals surface area contributed by atoms with Gasteiger partial charge in [-0.25, -0.2) is 4.57 Å². The molecule has 0 aliphatic carbocycles. The summed E-state index contributed by atoms with van der Waals surface area (Å²) in [4.78, 5) is 23.1. The lowest BCUT2D eigenvalue weighted by atomic mass is 10.0. The summed E-state index contributed by atoms with van der Waals surface area (Å²) in [6.07, 6.45) is 65.8. The molecule has 0 aromatic carbocycles. The number of carbonyl (C=O) groups excluding carboxylic acids is 1. The molecule has 0 aliphatic rings. The van der Waals surface area contributed by atoms with Crippen molar-refractivity contribution in [2.24, 2.45) is 0 Å². The summed E-state index contributed by atoms with van der Waals surface area (Å²) >= 11 is 0. The normalized spacial score (nSPS) is 13.4. The summed E-state index contributed by atoms with van der Waals surface area (Å²) in [5.41, 5.74) is 0. The predicted molar refractivity (Wildman–Crippen MR) is 303 cm³/mol. The van der Waals surface area contributed by atoms with Crippen LogP contribution in [0.25, 0.3) is 0 Å². The molecule has 9 heteroatoms. The molecule has 2 atom stereocenters. The van der Waals surface area contributed by atoms with E-state index in [9.17, 15) is 14.3 Å². The van der Waals surface area contributed by atoms with Crippen molar-refractivity contribution in [2.75, 3.05) is 54.1 Å². The van der Waals surface area contributed by atoms with Crippen LogP contribution in [-0.2, 0) is 27.9 Å². The first-order valence-corrected chi connectivity index (χ1v) is 32.4. The van der Waals surface area contributed by atoms with Gasteiger partial charge in [-0.05, 0) is 38.5 Å². The quantitative estimate of drug-likeness (QED) is 0.0213. The summed E-state index contributed by atoms with van der Waals surface area (Å²) in [7, 11) is 1.69.